The molecule has 0 saturated carbocycles. The van der Waals surface area contributed by atoms with Crippen LogP contribution in [-0.4, -0.2) is 50.0 Å². The Morgan fingerprint density at radius 2 is 1.88 bits per heavy atom. The van der Waals surface area contributed by atoms with Crippen LogP contribution < -0.4 is 0 Å². The quantitative estimate of drug-likeness (QED) is 0.897. The number of piperidine rings is 1. The zero-order valence-corrected chi connectivity index (χ0v) is 13.3. The average molecular weight is 328 g/mol. The van der Waals surface area contributed by atoms with E-state index in [1.54, 1.807) is 0 Å². The van der Waals surface area contributed by atoms with Crippen molar-refractivity contribution in [2.45, 2.75) is 25.8 Å². The van der Waals surface area contributed by atoms with Crippen molar-refractivity contribution in [3.63, 3.8) is 0 Å². The van der Waals surface area contributed by atoms with Gasteiger partial charge in [-0.3, -0.25) is 4.79 Å². The molecule has 0 spiro atoms. The van der Waals surface area contributed by atoms with Gasteiger partial charge in [-0.05, 0) is 30.7 Å². The molecule has 7 nitrogen and oxygen atoms in total. The van der Waals surface area contributed by atoms with E-state index in [0.717, 1.165) is 32.4 Å². The molecule has 0 unspecified atom stereocenters. The number of aromatic carboxylic acids is 1. The molecule has 1 saturated heterocycles. The third-order valence-corrected chi connectivity index (χ3v) is 4.39. The van der Waals surface area contributed by atoms with Gasteiger partial charge in [0.2, 0.25) is 5.91 Å². The van der Waals surface area contributed by atoms with Crippen LogP contribution >= 0.6 is 0 Å². The van der Waals surface area contributed by atoms with Crippen LogP contribution in [0.5, 0.6) is 0 Å². The second-order valence-electron chi connectivity index (χ2n) is 6.12. The number of aromatic nitrogens is 3. The lowest BCUT2D eigenvalue weighted by Gasteiger charge is -2.32. The summed E-state index contributed by atoms with van der Waals surface area (Å²) in [5.41, 5.74) is 1.19. The normalized spacial score (nSPS) is 15.4. The molecule has 1 aromatic heterocycles. The van der Waals surface area contributed by atoms with Crippen LogP contribution in [0.4, 0.5) is 0 Å². The molecule has 126 valence electrons. The van der Waals surface area contributed by atoms with Gasteiger partial charge < -0.3 is 10.0 Å². The third kappa shape index (κ3) is 3.98. The Kier molecular flexibility index (Phi) is 4.88. The van der Waals surface area contributed by atoms with E-state index >= 15 is 0 Å². The van der Waals surface area contributed by atoms with Crippen molar-refractivity contribution in [3.05, 3.63) is 47.8 Å². The van der Waals surface area contributed by atoms with E-state index in [-0.39, 0.29) is 18.1 Å². The molecule has 0 atom stereocenters. The minimum Gasteiger partial charge on any atom is -0.476 e. The van der Waals surface area contributed by atoms with Gasteiger partial charge in [0.25, 0.3) is 0 Å². The zero-order chi connectivity index (χ0) is 16.9. The second-order valence-corrected chi connectivity index (χ2v) is 6.12. The third-order valence-electron chi connectivity index (χ3n) is 4.39. The van der Waals surface area contributed by atoms with Crippen LogP contribution in [0.25, 0.3) is 0 Å². The first-order valence-electron chi connectivity index (χ1n) is 8.07. The van der Waals surface area contributed by atoms with Crippen LogP contribution in [0.1, 0.15) is 28.9 Å². The van der Waals surface area contributed by atoms with E-state index in [4.69, 9.17) is 5.11 Å². The number of hydrogen-bond donors (Lipinski definition) is 1. The molecule has 1 aliphatic heterocycles. The van der Waals surface area contributed by atoms with Crippen LogP contribution in [0.3, 0.4) is 0 Å². The first-order chi connectivity index (χ1) is 11.6. The number of carbonyl (C=O) groups is 2. The average Bonchev–Trinajstić information content (AvgIpc) is 3.05. The molecule has 1 N–H and O–H groups in total. The number of carboxylic acids is 1. The smallest absolute Gasteiger partial charge is 0.358 e. The van der Waals surface area contributed by atoms with Gasteiger partial charge in [0.05, 0.1) is 6.20 Å². The largest absolute Gasteiger partial charge is 0.476 e. The SMILES string of the molecule is O=C(O)c1cn(CC(=O)N2CCC(Cc3ccccc3)CC2)nn1. The fraction of sp³-hybridized carbons (Fsp3) is 0.412. The van der Waals surface area contributed by atoms with Crippen molar-refractivity contribution in [3.8, 4) is 0 Å². The molecule has 1 fully saturated rings. The molecule has 2 aromatic rings. The van der Waals surface area contributed by atoms with E-state index in [9.17, 15) is 9.59 Å². The Morgan fingerprint density at radius 1 is 1.17 bits per heavy atom. The minimum atomic E-state index is -1.14. The van der Waals surface area contributed by atoms with Gasteiger partial charge in [0.15, 0.2) is 5.69 Å². The predicted molar refractivity (Wildman–Crippen MR) is 86.4 cm³/mol. The molecule has 0 radical (unpaired) electrons. The lowest BCUT2D eigenvalue weighted by molar-refractivity contribution is -0.133. The van der Waals surface area contributed by atoms with Gasteiger partial charge in [-0.15, -0.1) is 5.10 Å². The highest BCUT2D eigenvalue weighted by atomic mass is 16.4. The Morgan fingerprint density at radius 3 is 2.50 bits per heavy atom. The molecular weight excluding hydrogens is 308 g/mol. The molecule has 1 aliphatic rings. The fourth-order valence-electron chi connectivity index (χ4n) is 3.05. The minimum absolute atomic E-state index is 0.0314. The maximum atomic E-state index is 12.3. The van der Waals surface area contributed by atoms with Gasteiger partial charge in [0, 0.05) is 13.1 Å². The number of likely N-dealkylation sites (tertiary alicyclic amines) is 1. The van der Waals surface area contributed by atoms with Crippen molar-refractivity contribution in [2.75, 3.05) is 13.1 Å². The summed E-state index contributed by atoms with van der Waals surface area (Å²) in [5, 5.41) is 16.0. The van der Waals surface area contributed by atoms with Gasteiger partial charge in [-0.25, -0.2) is 9.48 Å². The van der Waals surface area contributed by atoms with Crippen molar-refractivity contribution >= 4 is 11.9 Å². The van der Waals surface area contributed by atoms with Crippen LogP contribution in [-0.2, 0) is 17.8 Å². The Balaban J connectivity index is 1.48. The number of hydrogen-bond acceptors (Lipinski definition) is 4. The van der Waals surface area contributed by atoms with Crippen molar-refractivity contribution in [1.29, 1.82) is 0 Å². The van der Waals surface area contributed by atoms with Crippen LogP contribution in [0.2, 0.25) is 0 Å². The maximum absolute atomic E-state index is 12.3. The monoisotopic (exact) mass is 328 g/mol. The molecule has 2 heterocycles. The molecule has 24 heavy (non-hydrogen) atoms. The molecular formula is C17H20N4O3. The Bertz CT molecular complexity index is 706. The molecule has 1 amide bonds. The number of carbonyl (C=O) groups excluding carboxylic acids is 1. The first-order valence-corrected chi connectivity index (χ1v) is 8.07. The first kappa shape index (κ1) is 16.2. The van der Waals surface area contributed by atoms with Gasteiger partial charge in [-0.2, -0.15) is 0 Å². The van der Waals surface area contributed by atoms with Crippen molar-refractivity contribution < 1.29 is 14.7 Å². The second kappa shape index (κ2) is 7.25. The van der Waals surface area contributed by atoms with E-state index in [0.29, 0.717) is 5.92 Å². The lowest BCUT2D eigenvalue weighted by Crippen LogP contribution is -2.40. The van der Waals surface area contributed by atoms with Crippen molar-refractivity contribution in [1.82, 2.24) is 19.9 Å². The van der Waals surface area contributed by atoms with E-state index in [2.05, 4.69) is 34.6 Å². The highest BCUT2D eigenvalue weighted by Crippen LogP contribution is 2.21. The standard InChI is InChI=1S/C17H20N4O3/c22-16(12-21-11-15(17(23)24)18-19-21)20-8-6-14(7-9-20)10-13-4-2-1-3-5-13/h1-5,11,14H,6-10,12H2,(H,23,24). The van der Waals surface area contributed by atoms with Crippen molar-refractivity contribution in [2.24, 2.45) is 5.92 Å². The summed E-state index contributed by atoms with van der Waals surface area (Å²) < 4.78 is 1.28. The number of nitrogens with zero attached hydrogens (tertiary/aromatic N) is 4. The summed E-state index contributed by atoms with van der Waals surface area (Å²) in [7, 11) is 0. The van der Waals surface area contributed by atoms with E-state index in [1.165, 1.54) is 16.4 Å². The zero-order valence-electron chi connectivity index (χ0n) is 13.3. The van der Waals surface area contributed by atoms with E-state index < -0.39 is 5.97 Å². The van der Waals surface area contributed by atoms with Gasteiger partial charge in [0.1, 0.15) is 6.54 Å². The fourth-order valence-corrected chi connectivity index (χ4v) is 3.05. The maximum Gasteiger partial charge on any atom is 0.358 e. The number of rotatable bonds is 5. The van der Waals surface area contributed by atoms with Gasteiger partial charge >= 0.3 is 5.97 Å². The Labute approximate surface area is 139 Å². The van der Waals surface area contributed by atoms with Crippen LogP contribution in [0.15, 0.2) is 36.5 Å². The number of benzene rings is 1. The summed E-state index contributed by atoms with van der Waals surface area (Å²) in [5.74, 6) is -0.591. The molecule has 7 heteroatoms. The summed E-state index contributed by atoms with van der Waals surface area (Å²) >= 11 is 0. The topological polar surface area (TPSA) is 88.3 Å². The lowest BCUT2D eigenvalue weighted by atomic mass is 9.90. The summed E-state index contributed by atoms with van der Waals surface area (Å²) in [6.07, 6.45) is 4.30. The number of carboxylic acid groups (broad SMARTS) is 1. The summed E-state index contributed by atoms with van der Waals surface area (Å²) in [6, 6.07) is 10.4. The highest BCUT2D eigenvalue weighted by Gasteiger charge is 2.23. The van der Waals surface area contributed by atoms with E-state index in [1.807, 2.05) is 11.0 Å². The molecule has 0 bridgehead atoms. The predicted octanol–water partition coefficient (Wildman–Crippen LogP) is 1.46. The highest BCUT2D eigenvalue weighted by molar-refractivity contribution is 5.84. The molecule has 3 rings (SSSR count). The molecule has 0 aliphatic carbocycles. The molecule has 1 aromatic carbocycles. The number of amides is 1. The van der Waals surface area contributed by atoms with Gasteiger partial charge in [-0.1, -0.05) is 35.5 Å². The summed E-state index contributed by atoms with van der Waals surface area (Å²) in [4.78, 5) is 24.9. The Hall–Kier alpha value is -2.70. The van der Waals surface area contributed by atoms with Crippen LogP contribution in [0, 0.1) is 5.92 Å². The summed E-state index contributed by atoms with van der Waals surface area (Å²) in [6.45, 7) is 1.50.